The number of fused-ring (bicyclic) bond motifs is 1. The summed E-state index contributed by atoms with van der Waals surface area (Å²) in [5.74, 6) is 1.82. The maximum atomic E-state index is 9.96. The second-order valence-corrected chi connectivity index (χ2v) is 9.36. The standard InChI is InChI=1S/C22H23ClN6O2S/c23-18-16(5-8-26-20(18)25)32-17-11-27-21(14(12-30)28-17)29-9-6-22(7-10-29)19(24)13-3-1-2-4-15(13)31-22/h1-5,8,11,19,30H,6-7,9-10,12,24H2,(H2,25,26)/t19-/m1/s1. The Labute approximate surface area is 195 Å². The van der Waals surface area contributed by atoms with E-state index in [0.717, 1.165) is 29.1 Å². The molecule has 4 heterocycles. The average molecular weight is 471 g/mol. The highest BCUT2D eigenvalue weighted by Crippen LogP contribution is 2.47. The van der Waals surface area contributed by atoms with Crippen molar-refractivity contribution >= 4 is 35.0 Å². The van der Waals surface area contributed by atoms with Crippen LogP contribution in [0.4, 0.5) is 11.6 Å². The molecule has 0 amide bonds. The molecule has 1 fully saturated rings. The van der Waals surface area contributed by atoms with Gasteiger partial charge in [-0.25, -0.2) is 15.0 Å². The van der Waals surface area contributed by atoms with Gasteiger partial charge in [0.25, 0.3) is 0 Å². The number of ether oxygens (including phenoxy) is 1. The van der Waals surface area contributed by atoms with E-state index < -0.39 is 5.60 Å². The molecule has 1 spiro atoms. The van der Waals surface area contributed by atoms with Crippen molar-refractivity contribution in [2.24, 2.45) is 5.73 Å². The van der Waals surface area contributed by atoms with Gasteiger partial charge in [-0.2, -0.15) is 0 Å². The summed E-state index contributed by atoms with van der Waals surface area (Å²) in [6.45, 7) is 1.21. The highest BCUT2D eigenvalue weighted by atomic mass is 35.5. The number of aliphatic hydroxyl groups is 1. The van der Waals surface area contributed by atoms with Gasteiger partial charge >= 0.3 is 0 Å². The molecule has 2 aromatic heterocycles. The molecule has 1 atom stereocenters. The zero-order chi connectivity index (χ0) is 22.3. The number of pyridine rings is 1. The van der Waals surface area contributed by atoms with Crippen LogP contribution in [0.1, 0.15) is 30.1 Å². The lowest BCUT2D eigenvalue weighted by Gasteiger charge is -2.41. The predicted octanol–water partition coefficient (Wildman–Crippen LogP) is 3.18. The topological polar surface area (TPSA) is 123 Å². The molecule has 5 N–H and O–H groups in total. The number of rotatable bonds is 4. The first-order chi connectivity index (χ1) is 15.5. The number of hydrogen-bond donors (Lipinski definition) is 3. The SMILES string of the molecule is Nc1nccc(Sc2cnc(N3CCC4(CC3)Oc3ccccc3[C@H]4N)c(CO)n2)c1Cl. The van der Waals surface area contributed by atoms with E-state index in [1.165, 1.54) is 11.8 Å². The van der Waals surface area contributed by atoms with E-state index in [2.05, 4.69) is 19.9 Å². The van der Waals surface area contributed by atoms with Gasteiger partial charge in [-0.3, -0.25) is 0 Å². The van der Waals surface area contributed by atoms with Crippen LogP contribution >= 0.6 is 23.4 Å². The fourth-order valence-corrected chi connectivity index (χ4v) is 5.40. The third-order valence-corrected chi connectivity index (χ3v) is 7.56. The van der Waals surface area contributed by atoms with E-state index in [1.54, 1.807) is 18.5 Å². The van der Waals surface area contributed by atoms with Gasteiger partial charge in [-0.1, -0.05) is 41.6 Å². The Hall–Kier alpha value is -2.59. The first-order valence-electron chi connectivity index (χ1n) is 10.3. The molecule has 0 saturated carbocycles. The van der Waals surface area contributed by atoms with Crippen LogP contribution in [0.2, 0.25) is 5.02 Å². The second-order valence-electron chi connectivity index (χ2n) is 7.92. The lowest BCUT2D eigenvalue weighted by atomic mass is 9.83. The number of anilines is 2. The van der Waals surface area contributed by atoms with E-state index >= 15 is 0 Å². The van der Waals surface area contributed by atoms with Crippen LogP contribution in [0, 0.1) is 0 Å². The summed E-state index contributed by atoms with van der Waals surface area (Å²) in [7, 11) is 0. The summed E-state index contributed by atoms with van der Waals surface area (Å²) >= 11 is 7.57. The number of benzene rings is 1. The molecule has 32 heavy (non-hydrogen) atoms. The van der Waals surface area contributed by atoms with Gasteiger partial charge in [0, 0.05) is 42.6 Å². The Morgan fingerprint density at radius 3 is 2.75 bits per heavy atom. The molecule has 2 aliphatic heterocycles. The molecule has 0 bridgehead atoms. The Morgan fingerprint density at radius 2 is 2.00 bits per heavy atom. The zero-order valence-electron chi connectivity index (χ0n) is 17.2. The van der Waals surface area contributed by atoms with E-state index in [4.69, 9.17) is 27.8 Å². The molecule has 3 aromatic rings. The number of nitrogens with two attached hydrogens (primary N) is 2. The maximum Gasteiger partial charge on any atom is 0.152 e. The molecule has 1 saturated heterocycles. The van der Waals surface area contributed by atoms with Crippen LogP contribution in [-0.4, -0.2) is 38.7 Å². The Morgan fingerprint density at radius 1 is 1.22 bits per heavy atom. The molecule has 2 aliphatic rings. The van der Waals surface area contributed by atoms with Gasteiger partial charge in [0.15, 0.2) is 5.82 Å². The zero-order valence-corrected chi connectivity index (χ0v) is 18.8. The van der Waals surface area contributed by atoms with Crippen molar-refractivity contribution in [3.63, 3.8) is 0 Å². The second kappa shape index (κ2) is 8.40. The highest BCUT2D eigenvalue weighted by molar-refractivity contribution is 7.99. The molecule has 10 heteroatoms. The van der Waals surface area contributed by atoms with Crippen LogP contribution in [0.3, 0.4) is 0 Å². The Kier molecular flexibility index (Phi) is 5.58. The fraction of sp³-hybridized carbons (Fsp3) is 0.318. The van der Waals surface area contributed by atoms with Crippen LogP contribution in [0.5, 0.6) is 5.75 Å². The minimum Gasteiger partial charge on any atom is -0.485 e. The van der Waals surface area contributed by atoms with Gasteiger partial charge in [0.1, 0.15) is 27.9 Å². The van der Waals surface area contributed by atoms with Gasteiger partial charge < -0.3 is 26.2 Å². The van der Waals surface area contributed by atoms with E-state index in [0.29, 0.717) is 34.6 Å². The molecule has 0 aliphatic carbocycles. The van der Waals surface area contributed by atoms with Crippen molar-refractivity contribution < 1.29 is 9.84 Å². The van der Waals surface area contributed by atoms with E-state index in [1.807, 2.05) is 24.3 Å². The van der Waals surface area contributed by atoms with Crippen LogP contribution in [0.15, 0.2) is 52.6 Å². The summed E-state index contributed by atoms with van der Waals surface area (Å²) in [6.07, 6.45) is 4.80. The van der Waals surface area contributed by atoms with Crippen molar-refractivity contribution in [2.45, 2.75) is 41.0 Å². The largest absolute Gasteiger partial charge is 0.485 e. The maximum absolute atomic E-state index is 9.96. The molecular weight excluding hydrogens is 448 g/mol. The van der Waals surface area contributed by atoms with Gasteiger partial charge in [0.05, 0.1) is 23.9 Å². The Bertz CT molecular complexity index is 1160. The van der Waals surface area contributed by atoms with E-state index in [-0.39, 0.29) is 18.5 Å². The van der Waals surface area contributed by atoms with Gasteiger partial charge in [-0.15, -0.1) is 0 Å². The molecular formula is C22H23ClN6O2S. The van der Waals surface area contributed by atoms with Crippen LogP contribution in [0.25, 0.3) is 0 Å². The number of aliphatic hydroxyl groups excluding tert-OH is 1. The number of nitrogens with zero attached hydrogens (tertiary/aromatic N) is 4. The number of nitrogen functional groups attached to an aromatic ring is 1. The number of hydrogen-bond acceptors (Lipinski definition) is 9. The Balaban J connectivity index is 1.32. The number of halogens is 1. The molecule has 0 radical (unpaired) electrons. The van der Waals surface area contributed by atoms with Crippen molar-refractivity contribution in [1.82, 2.24) is 15.0 Å². The molecule has 5 rings (SSSR count). The van der Waals surface area contributed by atoms with Crippen LogP contribution < -0.4 is 21.1 Å². The van der Waals surface area contributed by atoms with Crippen molar-refractivity contribution in [2.75, 3.05) is 23.7 Å². The smallest absolute Gasteiger partial charge is 0.152 e. The van der Waals surface area contributed by atoms with Crippen molar-refractivity contribution in [3.8, 4) is 5.75 Å². The van der Waals surface area contributed by atoms with E-state index in [9.17, 15) is 5.11 Å². The number of aromatic nitrogens is 3. The minimum absolute atomic E-state index is 0.152. The first-order valence-corrected chi connectivity index (χ1v) is 11.5. The minimum atomic E-state index is -0.402. The van der Waals surface area contributed by atoms with Gasteiger partial charge in [0.2, 0.25) is 0 Å². The molecule has 1 aromatic carbocycles. The quantitative estimate of drug-likeness (QED) is 0.527. The summed E-state index contributed by atoms with van der Waals surface area (Å²) in [5.41, 5.74) is 13.5. The summed E-state index contributed by atoms with van der Waals surface area (Å²) in [6, 6.07) is 9.59. The molecule has 0 unspecified atom stereocenters. The normalized spacial score (nSPS) is 19.1. The summed E-state index contributed by atoms with van der Waals surface area (Å²) in [5, 5.41) is 11.0. The predicted molar refractivity (Wildman–Crippen MR) is 124 cm³/mol. The average Bonchev–Trinajstić information content (AvgIpc) is 3.09. The third-order valence-electron chi connectivity index (χ3n) is 6.09. The molecule has 166 valence electrons. The lowest BCUT2D eigenvalue weighted by molar-refractivity contribution is 0.0430. The lowest BCUT2D eigenvalue weighted by Crippen LogP contribution is -2.51. The highest BCUT2D eigenvalue weighted by Gasteiger charge is 2.48. The van der Waals surface area contributed by atoms with Crippen molar-refractivity contribution in [1.29, 1.82) is 0 Å². The molecule has 8 nitrogen and oxygen atoms in total. The monoisotopic (exact) mass is 470 g/mol. The summed E-state index contributed by atoms with van der Waals surface area (Å²) in [4.78, 5) is 16.1. The fourth-order valence-electron chi connectivity index (χ4n) is 4.36. The third kappa shape index (κ3) is 3.65. The number of piperidine rings is 1. The summed E-state index contributed by atoms with van der Waals surface area (Å²) < 4.78 is 6.33. The first kappa shape index (κ1) is 21.3. The van der Waals surface area contributed by atoms with Gasteiger partial charge in [-0.05, 0) is 12.1 Å². The van der Waals surface area contributed by atoms with Crippen molar-refractivity contribution in [3.05, 3.63) is 59.0 Å². The van der Waals surface area contributed by atoms with Crippen LogP contribution in [-0.2, 0) is 6.61 Å². The number of para-hydroxylation sites is 1.